The van der Waals surface area contributed by atoms with E-state index in [4.69, 9.17) is 5.11 Å². The highest BCUT2D eigenvalue weighted by Gasteiger charge is 2.28. The zero-order chi connectivity index (χ0) is 18.3. The van der Waals surface area contributed by atoms with Crippen LogP contribution in [0, 0.1) is 17.6 Å². The summed E-state index contributed by atoms with van der Waals surface area (Å²) in [7, 11) is 0. The quantitative estimate of drug-likeness (QED) is 0.676. The van der Waals surface area contributed by atoms with Crippen molar-refractivity contribution < 1.29 is 23.5 Å². The smallest absolute Gasteiger partial charge is 0.257 e. The van der Waals surface area contributed by atoms with Crippen LogP contribution in [0.4, 0.5) is 8.78 Å². The molecule has 1 aromatic rings. The summed E-state index contributed by atoms with van der Waals surface area (Å²) in [6, 6.07) is 1.96. The number of aliphatic hydroxyl groups is 1. The Morgan fingerprint density at radius 3 is 2.21 bits per heavy atom. The van der Waals surface area contributed by atoms with Gasteiger partial charge < -0.3 is 15.7 Å². The van der Waals surface area contributed by atoms with Gasteiger partial charge in [0.25, 0.3) is 5.91 Å². The molecule has 0 saturated carbocycles. The molecular formula is C17H24F2N2O3. The molecule has 0 spiro atoms. The summed E-state index contributed by atoms with van der Waals surface area (Å²) in [5, 5.41) is 14.1. The van der Waals surface area contributed by atoms with Gasteiger partial charge in [0.15, 0.2) is 0 Å². The molecule has 7 heteroatoms. The van der Waals surface area contributed by atoms with E-state index in [9.17, 15) is 18.4 Å². The van der Waals surface area contributed by atoms with E-state index in [0.717, 1.165) is 18.2 Å². The molecule has 0 aromatic heterocycles. The fourth-order valence-electron chi connectivity index (χ4n) is 2.29. The highest BCUT2D eigenvalue weighted by Crippen LogP contribution is 2.13. The van der Waals surface area contributed by atoms with Gasteiger partial charge in [-0.2, -0.15) is 0 Å². The average molecular weight is 342 g/mol. The summed E-state index contributed by atoms with van der Waals surface area (Å²) in [5.41, 5.74) is -0.710. The van der Waals surface area contributed by atoms with Gasteiger partial charge in [0.1, 0.15) is 23.2 Å². The zero-order valence-corrected chi connectivity index (χ0v) is 14.1. The number of hydrogen-bond acceptors (Lipinski definition) is 3. The van der Waals surface area contributed by atoms with Gasteiger partial charge in [-0.1, -0.05) is 26.8 Å². The van der Waals surface area contributed by atoms with Crippen LogP contribution in [0.5, 0.6) is 0 Å². The van der Waals surface area contributed by atoms with Crippen LogP contribution in [0.3, 0.4) is 0 Å². The van der Waals surface area contributed by atoms with E-state index in [1.807, 2.05) is 6.92 Å². The highest BCUT2D eigenvalue weighted by atomic mass is 19.1. The molecule has 0 aliphatic heterocycles. The van der Waals surface area contributed by atoms with Gasteiger partial charge in [-0.3, -0.25) is 9.59 Å². The van der Waals surface area contributed by atoms with E-state index in [-0.39, 0.29) is 18.6 Å². The minimum Gasteiger partial charge on any atom is -0.396 e. The normalized spacial score (nSPS) is 13.5. The Kier molecular flexibility index (Phi) is 7.78. The molecule has 2 amide bonds. The van der Waals surface area contributed by atoms with Crippen LogP contribution in [-0.4, -0.2) is 35.6 Å². The van der Waals surface area contributed by atoms with Crippen LogP contribution in [-0.2, 0) is 4.79 Å². The Morgan fingerprint density at radius 1 is 1.17 bits per heavy atom. The van der Waals surface area contributed by atoms with Crippen LogP contribution >= 0.6 is 0 Å². The number of aliphatic hydroxyl groups excluding tert-OH is 1. The SMILES string of the molecule is CCC(CCO)NC(=O)C(NC(=O)c1c(F)cccc1F)C(C)C. The molecule has 5 nitrogen and oxygen atoms in total. The lowest BCUT2D eigenvalue weighted by Gasteiger charge is -2.25. The van der Waals surface area contributed by atoms with Crippen molar-refractivity contribution in [2.45, 2.75) is 45.7 Å². The van der Waals surface area contributed by atoms with Gasteiger partial charge in [-0.25, -0.2) is 8.78 Å². The van der Waals surface area contributed by atoms with E-state index in [1.54, 1.807) is 13.8 Å². The van der Waals surface area contributed by atoms with Crippen molar-refractivity contribution in [2.75, 3.05) is 6.61 Å². The average Bonchev–Trinajstić information content (AvgIpc) is 2.51. The second-order valence-corrected chi connectivity index (χ2v) is 5.92. The summed E-state index contributed by atoms with van der Waals surface area (Å²) in [4.78, 5) is 24.5. The van der Waals surface area contributed by atoms with Gasteiger partial charge >= 0.3 is 0 Å². The molecule has 2 atom stereocenters. The van der Waals surface area contributed by atoms with E-state index in [1.165, 1.54) is 0 Å². The Labute approximate surface area is 140 Å². The van der Waals surface area contributed by atoms with E-state index in [2.05, 4.69) is 10.6 Å². The first-order valence-electron chi connectivity index (χ1n) is 7.97. The summed E-state index contributed by atoms with van der Waals surface area (Å²) >= 11 is 0. The molecule has 1 aromatic carbocycles. The second-order valence-electron chi connectivity index (χ2n) is 5.92. The Hall–Kier alpha value is -2.02. The number of carbonyl (C=O) groups excluding carboxylic acids is 2. The van der Waals surface area contributed by atoms with Crippen molar-refractivity contribution in [1.29, 1.82) is 0 Å². The molecule has 2 unspecified atom stereocenters. The predicted octanol–water partition coefficient (Wildman–Crippen LogP) is 2.00. The molecule has 3 N–H and O–H groups in total. The molecule has 0 aliphatic carbocycles. The topological polar surface area (TPSA) is 78.4 Å². The number of nitrogens with one attached hydrogen (secondary N) is 2. The first-order valence-corrected chi connectivity index (χ1v) is 7.97. The molecule has 0 aliphatic rings. The van der Waals surface area contributed by atoms with Crippen molar-refractivity contribution in [3.05, 3.63) is 35.4 Å². The molecule has 0 bridgehead atoms. The first kappa shape index (κ1) is 20.0. The standard InChI is InChI=1S/C17H24F2N2O3/c1-4-11(8-9-22)20-17(24)15(10(2)3)21-16(23)14-12(18)6-5-7-13(14)19/h5-7,10-11,15,22H,4,8-9H2,1-3H3,(H,20,24)(H,21,23). The number of carbonyl (C=O) groups is 2. The maximum atomic E-state index is 13.7. The number of amides is 2. The monoisotopic (exact) mass is 342 g/mol. The van der Waals surface area contributed by atoms with Gasteiger partial charge in [0.2, 0.25) is 5.91 Å². The van der Waals surface area contributed by atoms with Crippen molar-refractivity contribution >= 4 is 11.8 Å². The third-order valence-corrected chi connectivity index (χ3v) is 3.74. The lowest BCUT2D eigenvalue weighted by atomic mass is 10.0. The first-order chi connectivity index (χ1) is 11.3. The predicted molar refractivity (Wildman–Crippen MR) is 86.4 cm³/mol. The number of rotatable bonds is 8. The lowest BCUT2D eigenvalue weighted by molar-refractivity contribution is -0.124. The summed E-state index contributed by atoms with van der Waals surface area (Å²) in [6.45, 7) is 5.22. The number of halogens is 2. The maximum Gasteiger partial charge on any atom is 0.257 e. The van der Waals surface area contributed by atoms with Crippen LogP contribution in [0.15, 0.2) is 18.2 Å². The number of hydrogen-bond donors (Lipinski definition) is 3. The minimum atomic E-state index is -0.984. The molecule has 0 fully saturated rings. The van der Waals surface area contributed by atoms with Gasteiger partial charge in [-0.05, 0) is 30.9 Å². The molecule has 0 heterocycles. The van der Waals surface area contributed by atoms with Crippen molar-refractivity contribution in [3.63, 3.8) is 0 Å². The van der Waals surface area contributed by atoms with E-state index >= 15 is 0 Å². The molecule has 24 heavy (non-hydrogen) atoms. The Balaban J connectivity index is 2.89. The third kappa shape index (κ3) is 5.26. The summed E-state index contributed by atoms with van der Waals surface area (Å²) in [6.07, 6.45) is 1.01. The van der Waals surface area contributed by atoms with E-state index < -0.39 is 35.1 Å². The lowest BCUT2D eigenvalue weighted by Crippen LogP contribution is -2.52. The molecular weight excluding hydrogens is 318 g/mol. The molecule has 1 rings (SSSR count). The number of benzene rings is 1. The van der Waals surface area contributed by atoms with Crippen LogP contribution in [0.1, 0.15) is 44.0 Å². The Bertz CT molecular complexity index is 559. The van der Waals surface area contributed by atoms with Crippen LogP contribution < -0.4 is 10.6 Å². The van der Waals surface area contributed by atoms with Gasteiger partial charge in [-0.15, -0.1) is 0 Å². The minimum absolute atomic E-state index is 0.0715. The Morgan fingerprint density at radius 2 is 1.75 bits per heavy atom. The summed E-state index contributed by atoms with van der Waals surface area (Å²) < 4.78 is 27.4. The largest absolute Gasteiger partial charge is 0.396 e. The third-order valence-electron chi connectivity index (χ3n) is 3.74. The summed E-state index contributed by atoms with van der Waals surface area (Å²) in [5.74, 6) is -3.68. The van der Waals surface area contributed by atoms with Crippen LogP contribution in [0.25, 0.3) is 0 Å². The van der Waals surface area contributed by atoms with Gasteiger partial charge in [0.05, 0.1) is 0 Å². The highest BCUT2D eigenvalue weighted by molar-refractivity contribution is 5.98. The maximum absolute atomic E-state index is 13.7. The second kappa shape index (κ2) is 9.32. The van der Waals surface area contributed by atoms with E-state index in [0.29, 0.717) is 12.8 Å². The van der Waals surface area contributed by atoms with Gasteiger partial charge in [0, 0.05) is 12.6 Å². The van der Waals surface area contributed by atoms with Crippen LogP contribution in [0.2, 0.25) is 0 Å². The van der Waals surface area contributed by atoms with Crippen molar-refractivity contribution in [1.82, 2.24) is 10.6 Å². The fourth-order valence-corrected chi connectivity index (χ4v) is 2.29. The molecule has 0 saturated heterocycles. The zero-order valence-electron chi connectivity index (χ0n) is 14.1. The van der Waals surface area contributed by atoms with Crippen molar-refractivity contribution in [2.24, 2.45) is 5.92 Å². The molecule has 134 valence electrons. The van der Waals surface area contributed by atoms with Crippen molar-refractivity contribution in [3.8, 4) is 0 Å². The molecule has 0 radical (unpaired) electrons. The fraction of sp³-hybridized carbons (Fsp3) is 0.529.